The van der Waals surface area contributed by atoms with Gasteiger partial charge in [0.25, 0.3) is 0 Å². The second-order valence-electron chi connectivity index (χ2n) is 18.4. The molecule has 14 atom stereocenters. The van der Waals surface area contributed by atoms with Crippen LogP contribution in [0.25, 0.3) is 0 Å². The second-order valence-corrected chi connectivity index (χ2v) is 18.4. The normalized spacial score (nSPS) is 48.2. The van der Waals surface area contributed by atoms with Gasteiger partial charge >= 0.3 is 0 Å². The maximum atomic E-state index is 13.7. The molecule has 4 fully saturated rings. The van der Waals surface area contributed by atoms with Gasteiger partial charge in [0.2, 0.25) is 0 Å². The third kappa shape index (κ3) is 5.05. The number of Topliss-reactive ketones (excluding diaryl/α,β-unsaturated/α-hetero) is 2. The Morgan fingerprint density at radius 1 is 0.864 bits per heavy atom. The fourth-order valence-electron chi connectivity index (χ4n) is 14.7. The third-order valence-corrected chi connectivity index (χ3v) is 16.8. The van der Waals surface area contributed by atoms with E-state index in [-0.39, 0.29) is 33.5 Å². The van der Waals surface area contributed by atoms with E-state index < -0.39 is 0 Å². The molecule has 0 saturated heterocycles. The lowest BCUT2D eigenvalue weighted by atomic mass is 9.25. The quantitative estimate of drug-likeness (QED) is 0.220. The van der Waals surface area contributed by atoms with E-state index in [9.17, 15) is 9.59 Å². The molecule has 4 rings (SSSR count). The van der Waals surface area contributed by atoms with Crippen molar-refractivity contribution >= 4 is 11.6 Å². The Balaban J connectivity index is 1.85. The van der Waals surface area contributed by atoms with Crippen LogP contribution in [0.5, 0.6) is 0 Å². The number of hydrogen-bond acceptors (Lipinski definition) is 3. The zero-order valence-corrected chi connectivity index (χ0v) is 31.4. The highest BCUT2D eigenvalue weighted by atomic mass is 16.5. The minimum Gasteiger partial charge on any atom is -0.384 e. The summed E-state index contributed by atoms with van der Waals surface area (Å²) in [6.45, 7) is 30.3. The lowest BCUT2D eigenvalue weighted by molar-refractivity contribution is -0.310. The van der Waals surface area contributed by atoms with Crippen LogP contribution in [0.1, 0.15) is 154 Å². The second kappa shape index (κ2) is 12.7. The third-order valence-electron chi connectivity index (χ3n) is 16.8. The lowest BCUT2D eigenvalue weighted by Gasteiger charge is -2.79. The van der Waals surface area contributed by atoms with Gasteiger partial charge in [0.05, 0.1) is 0 Å². The number of hydrogen-bond donors (Lipinski definition) is 0. The van der Waals surface area contributed by atoms with Crippen molar-refractivity contribution in [1.29, 1.82) is 0 Å². The number of fused-ring (bicyclic) bond motifs is 5. The van der Waals surface area contributed by atoms with E-state index in [4.69, 9.17) is 4.74 Å². The summed E-state index contributed by atoms with van der Waals surface area (Å²) in [5, 5.41) is 0. The molecule has 44 heavy (non-hydrogen) atoms. The van der Waals surface area contributed by atoms with Gasteiger partial charge < -0.3 is 9.53 Å². The summed E-state index contributed by atoms with van der Waals surface area (Å²) in [6.07, 6.45) is 12.6. The number of methoxy groups -OCH3 is 1. The average molecular weight is 613 g/mol. The molecule has 4 saturated carbocycles. The van der Waals surface area contributed by atoms with Crippen molar-refractivity contribution in [3.63, 3.8) is 0 Å². The van der Waals surface area contributed by atoms with Crippen molar-refractivity contribution < 1.29 is 14.3 Å². The van der Waals surface area contributed by atoms with E-state index in [1.165, 1.54) is 38.5 Å². The Bertz CT molecular complexity index is 1050. The SMILES string of the molecule is CCC1CC[C@@]2(C)C(C(C)C[C@@]3(C)C2(C)[C@H](CC)C[C@]2(C)C(C(CCCC(C)COC)C(C)=O)[C@@H](CC(C)=O)C[C@]32C)C1C. The predicted molar refractivity (Wildman–Crippen MR) is 184 cm³/mol. The first-order valence-electron chi connectivity index (χ1n) is 18.9. The molecule has 0 aromatic rings. The summed E-state index contributed by atoms with van der Waals surface area (Å²) in [5.41, 5.74) is 0.793. The van der Waals surface area contributed by atoms with Crippen molar-refractivity contribution in [2.75, 3.05) is 13.7 Å². The Morgan fingerprint density at radius 3 is 2.07 bits per heavy atom. The van der Waals surface area contributed by atoms with E-state index in [0.29, 0.717) is 47.1 Å². The van der Waals surface area contributed by atoms with Gasteiger partial charge in [-0.15, -0.1) is 0 Å². The van der Waals surface area contributed by atoms with Crippen molar-refractivity contribution in [2.24, 2.45) is 80.3 Å². The van der Waals surface area contributed by atoms with Crippen molar-refractivity contribution in [3.8, 4) is 0 Å². The van der Waals surface area contributed by atoms with Crippen LogP contribution in [0.15, 0.2) is 0 Å². The van der Waals surface area contributed by atoms with Gasteiger partial charge in [-0.25, -0.2) is 0 Å². The molecular formula is C41H72O3. The Labute approximate surface area is 273 Å². The molecule has 4 aliphatic carbocycles. The standard InChI is InChI=1S/C41H72O3/c1-14-31-19-20-37(8)35(29(31)6)27(4)22-40(11)39(10)23-32(21-28(5)42)36(38(39,9)24-33(15-2)41(37,40)12)34(30(7)43)18-16-17-26(3)25-44-13/h26-27,29,31-36H,14-25H2,1-13H3/t26?,27?,29?,31?,32-,33+,34?,35?,36?,37-,38+,39-,40+,41?/m0/s1. The zero-order valence-electron chi connectivity index (χ0n) is 31.4. The number of ether oxygens (including phenoxy) is 1. The number of ketones is 2. The summed E-state index contributed by atoms with van der Waals surface area (Å²) in [5.74, 6) is 5.49. The minimum atomic E-state index is 0.0334. The molecule has 3 heteroatoms. The van der Waals surface area contributed by atoms with E-state index in [1.807, 2.05) is 6.92 Å². The van der Waals surface area contributed by atoms with Crippen LogP contribution in [-0.4, -0.2) is 25.3 Å². The largest absolute Gasteiger partial charge is 0.384 e. The van der Waals surface area contributed by atoms with E-state index in [1.54, 1.807) is 14.0 Å². The number of rotatable bonds is 12. The first-order valence-corrected chi connectivity index (χ1v) is 18.9. The summed E-state index contributed by atoms with van der Waals surface area (Å²) in [6, 6.07) is 0. The molecule has 254 valence electrons. The molecule has 0 bridgehead atoms. The molecule has 0 aromatic heterocycles. The van der Waals surface area contributed by atoms with Crippen LogP contribution < -0.4 is 0 Å². The first-order chi connectivity index (χ1) is 20.4. The number of carbonyl (C=O) groups excluding carboxylic acids is 2. The first kappa shape index (κ1) is 36.1. The molecule has 4 aliphatic rings. The van der Waals surface area contributed by atoms with Crippen LogP contribution in [0.3, 0.4) is 0 Å². The fraction of sp³-hybridized carbons (Fsp3) is 0.951. The van der Waals surface area contributed by atoms with Crippen molar-refractivity contribution in [1.82, 2.24) is 0 Å². The van der Waals surface area contributed by atoms with Gasteiger partial charge in [-0.1, -0.05) is 88.5 Å². The molecule has 0 N–H and O–H groups in total. The maximum absolute atomic E-state index is 13.7. The van der Waals surface area contributed by atoms with Crippen LogP contribution >= 0.6 is 0 Å². The van der Waals surface area contributed by atoms with E-state index >= 15 is 0 Å². The van der Waals surface area contributed by atoms with Crippen molar-refractivity contribution in [2.45, 2.75) is 154 Å². The number of carbonyl (C=O) groups is 2. The fourth-order valence-corrected chi connectivity index (χ4v) is 14.7. The molecule has 0 aliphatic heterocycles. The van der Waals surface area contributed by atoms with Crippen LogP contribution in [-0.2, 0) is 14.3 Å². The van der Waals surface area contributed by atoms with Crippen LogP contribution in [0.4, 0.5) is 0 Å². The topological polar surface area (TPSA) is 43.4 Å². The Hall–Kier alpha value is -0.700. The molecular weight excluding hydrogens is 540 g/mol. The average Bonchev–Trinajstić information content (AvgIpc) is 3.14. The maximum Gasteiger partial charge on any atom is 0.133 e. The summed E-state index contributed by atoms with van der Waals surface area (Å²) < 4.78 is 5.43. The highest BCUT2D eigenvalue weighted by Crippen LogP contribution is 2.85. The zero-order chi connectivity index (χ0) is 33.0. The smallest absolute Gasteiger partial charge is 0.133 e. The van der Waals surface area contributed by atoms with Gasteiger partial charge in [-0.05, 0) is 133 Å². The van der Waals surface area contributed by atoms with Gasteiger partial charge in [-0.3, -0.25) is 4.79 Å². The molecule has 0 aromatic carbocycles. The van der Waals surface area contributed by atoms with Gasteiger partial charge in [0.15, 0.2) is 0 Å². The highest BCUT2D eigenvalue weighted by molar-refractivity contribution is 5.79. The molecule has 3 nitrogen and oxygen atoms in total. The van der Waals surface area contributed by atoms with Crippen LogP contribution in [0.2, 0.25) is 0 Å². The highest BCUT2D eigenvalue weighted by Gasteiger charge is 2.79. The monoisotopic (exact) mass is 613 g/mol. The van der Waals surface area contributed by atoms with Gasteiger partial charge in [0, 0.05) is 26.1 Å². The molecule has 0 heterocycles. The summed E-state index contributed by atoms with van der Waals surface area (Å²) in [4.78, 5) is 26.7. The predicted octanol–water partition coefficient (Wildman–Crippen LogP) is 10.8. The van der Waals surface area contributed by atoms with Gasteiger partial charge in [0.1, 0.15) is 11.6 Å². The molecule has 8 unspecified atom stereocenters. The lowest BCUT2D eigenvalue weighted by Crippen LogP contribution is -2.73. The minimum absolute atomic E-state index is 0.0334. The Kier molecular flexibility index (Phi) is 10.5. The molecule has 0 spiro atoms. The van der Waals surface area contributed by atoms with E-state index in [2.05, 4.69) is 69.2 Å². The summed E-state index contributed by atoms with van der Waals surface area (Å²) in [7, 11) is 1.79. The summed E-state index contributed by atoms with van der Waals surface area (Å²) >= 11 is 0. The molecule has 0 amide bonds. The van der Waals surface area contributed by atoms with Crippen LogP contribution in [0, 0.1) is 80.3 Å². The van der Waals surface area contributed by atoms with Gasteiger partial charge in [-0.2, -0.15) is 0 Å². The Morgan fingerprint density at radius 2 is 1.52 bits per heavy atom. The van der Waals surface area contributed by atoms with E-state index in [0.717, 1.165) is 50.0 Å². The van der Waals surface area contributed by atoms with Crippen molar-refractivity contribution in [3.05, 3.63) is 0 Å². The molecule has 0 radical (unpaired) electrons.